The molecule has 5 heteroatoms. The summed E-state index contributed by atoms with van der Waals surface area (Å²) in [5.41, 5.74) is 1.07. The fraction of sp³-hybridized carbons (Fsp3) is 0.500. The number of hydrogen-bond donors (Lipinski definition) is 2. The maximum absolute atomic E-state index is 12.1. The molecular weight excluding hydrogens is 268 g/mol. The predicted octanol–water partition coefficient (Wildman–Crippen LogP) is 0.972. The number of nitrogens with one attached hydrogen (secondary N) is 1. The van der Waals surface area contributed by atoms with E-state index in [2.05, 4.69) is 22.1 Å². The number of aliphatic hydroxyl groups excluding tert-OH is 1. The highest BCUT2D eigenvalue weighted by Crippen LogP contribution is 2.28. The van der Waals surface area contributed by atoms with Crippen LogP contribution in [0.1, 0.15) is 35.2 Å². The standard InChI is InChI=1S/C16H20N2O3/c19-9-2-1-3-14-11-17-7-6-15(14)16(20)18-8-10-21-12-13-4-5-13/h6-7,11,13,19H,2,4-5,8-10,12H2,(H,18,20). The number of hydrogen-bond acceptors (Lipinski definition) is 4. The molecule has 0 aliphatic heterocycles. The smallest absolute Gasteiger partial charge is 0.252 e. The molecule has 2 N–H and O–H groups in total. The lowest BCUT2D eigenvalue weighted by molar-refractivity contribution is 0.0906. The Morgan fingerprint density at radius 2 is 2.38 bits per heavy atom. The number of ether oxygens (including phenoxy) is 1. The van der Waals surface area contributed by atoms with Crippen LogP contribution in [0.4, 0.5) is 0 Å². The molecule has 0 atom stereocenters. The van der Waals surface area contributed by atoms with E-state index in [1.807, 2.05) is 0 Å². The molecule has 21 heavy (non-hydrogen) atoms. The lowest BCUT2D eigenvalue weighted by atomic mass is 10.1. The second kappa shape index (κ2) is 8.40. The van der Waals surface area contributed by atoms with Crippen LogP contribution < -0.4 is 5.32 Å². The summed E-state index contributed by atoms with van der Waals surface area (Å²) in [5, 5.41) is 11.5. The molecule has 0 aromatic carbocycles. The Hall–Kier alpha value is -1.90. The molecule has 112 valence electrons. The highest BCUT2D eigenvalue weighted by Gasteiger charge is 2.20. The molecule has 1 saturated carbocycles. The molecule has 0 spiro atoms. The van der Waals surface area contributed by atoms with Gasteiger partial charge in [-0.25, -0.2) is 0 Å². The quantitative estimate of drug-likeness (QED) is 0.579. The van der Waals surface area contributed by atoms with Gasteiger partial charge in [-0.2, -0.15) is 0 Å². The summed E-state index contributed by atoms with van der Waals surface area (Å²) in [4.78, 5) is 16.1. The summed E-state index contributed by atoms with van der Waals surface area (Å²) in [6.45, 7) is 1.81. The van der Waals surface area contributed by atoms with Crippen molar-refractivity contribution in [3.63, 3.8) is 0 Å². The van der Waals surface area contributed by atoms with Crippen LogP contribution >= 0.6 is 0 Å². The second-order valence-electron chi connectivity index (χ2n) is 4.97. The van der Waals surface area contributed by atoms with E-state index in [1.54, 1.807) is 18.5 Å². The summed E-state index contributed by atoms with van der Waals surface area (Å²) in [5.74, 6) is 6.20. The normalized spacial score (nSPS) is 13.4. The molecule has 1 heterocycles. The molecular formula is C16H20N2O3. The van der Waals surface area contributed by atoms with Crippen molar-refractivity contribution in [2.45, 2.75) is 19.3 Å². The Balaban J connectivity index is 1.81. The van der Waals surface area contributed by atoms with Crippen LogP contribution in [0.3, 0.4) is 0 Å². The number of aromatic nitrogens is 1. The van der Waals surface area contributed by atoms with Crippen LogP contribution in [0.5, 0.6) is 0 Å². The monoisotopic (exact) mass is 288 g/mol. The first-order valence-corrected chi connectivity index (χ1v) is 7.21. The lowest BCUT2D eigenvalue weighted by Gasteiger charge is -2.07. The van der Waals surface area contributed by atoms with Gasteiger partial charge in [0.1, 0.15) is 0 Å². The Bertz CT molecular complexity index is 530. The average molecular weight is 288 g/mol. The van der Waals surface area contributed by atoms with Gasteiger partial charge in [-0.05, 0) is 24.8 Å². The van der Waals surface area contributed by atoms with E-state index in [1.165, 1.54) is 12.8 Å². The van der Waals surface area contributed by atoms with Crippen molar-refractivity contribution in [2.24, 2.45) is 5.92 Å². The zero-order valence-electron chi connectivity index (χ0n) is 12.0. The number of amides is 1. The minimum Gasteiger partial charge on any atom is -0.395 e. The third-order valence-corrected chi connectivity index (χ3v) is 3.11. The van der Waals surface area contributed by atoms with Crippen LogP contribution in [-0.4, -0.2) is 42.4 Å². The van der Waals surface area contributed by atoms with Gasteiger partial charge in [-0.1, -0.05) is 11.8 Å². The van der Waals surface area contributed by atoms with Crippen molar-refractivity contribution < 1.29 is 14.6 Å². The van der Waals surface area contributed by atoms with Gasteiger partial charge in [0.05, 0.1) is 24.3 Å². The molecule has 1 aromatic heterocycles. The average Bonchev–Trinajstić information content (AvgIpc) is 3.32. The van der Waals surface area contributed by atoms with Crippen molar-refractivity contribution >= 4 is 5.91 Å². The van der Waals surface area contributed by atoms with Crippen LogP contribution in [0.15, 0.2) is 18.5 Å². The topological polar surface area (TPSA) is 71.5 Å². The zero-order valence-corrected chi connectivity index (χ0v) is 12.0. The van der Waals surface area contributed by atoms with Crippen LogP contribution in [-0.2, 0) is 4.74 Å². The van der Waals surface area contributed by atoms with Gasteiger partial charge in [0.25, 0.3) is 5.91 Å². The van der Waals surface area contributed by atoms with E-state index in [0.717, 1.165) is 12.5 Å². The first-order valence-electron chi connectivity index (χ1n) is 7.21. The van der Waals surface area contributed by atoms with Crippen molar-refractivity contribution in [2.75, 3.05) is 26.4 Å². The van der Waals surface area contributed by atoms with E-state index in [-0.39, 0.29) is 12.5 Å². The number of carbonyl (C=O) groups excluding carboxylic acids is 1. The van der Waals surface area contributed by atoms with Gasteiger partial charge in [-0.15, -0.1) is 0 Å². The fourth-order valence-electron chi connectivity index (χ4n) is 1.77. The minimum absolute atomic E-state index is 0.00707. The fourth-order valence-corrected chi connectivity index (χ4v) is 1.77. The summed E-state index contributed by atoms with van der Waals surface area (Å²) in [6.07, 6.45) is 6.03. The number of pyridine rings is 1. The molecule has 1 fully saturated rings. The molecule has 1 aliphatic carbocycles. The van der Waals surface area contributed by atoms with Crippen molar-refractivity contribution in [1.29, 1.82) is 0 Å². The number of nitrogens with zero attached hydrogens (tertiary/aromatic N) is 1. The predicted molar refractivity (Wildman–Crippen MR) is 78.7 cm³/mol. The van der Waals surface area contributed by atoms with E-state index in [4.69, 9.17) is 9.84 Å². The molecule has 1 aliphatic rings. The third kappa shape index (κ3) is 5.54. The van der Waals surface area contributed by atoms with Gasteiger partial charge in [0.2, 0.25) is 0 Å². The van der Waals surface area contributed by atoms with Gasteiger partial charge in [0.15, 0.2) is 0 Å². The molecule has 2 rings (SSSR count). The Labute approximate surface area is 124 Å². The SMILES string of the molecule is O=C(NCCOCC1CC1)c1ccncc1C#CCCO. The minimum atomic E-state index is -0.180. The summed E-state index contributed by atoms with van der Waals surface area (Å²) in [6, 6.07) is 1.64. The van der Waals surface area contributed by atoms with Crippen molar-refractivity contribution in [3.8, 4) is 11.8 Å². The Morgan fingerprint density at radius 3 is 3.14 bits per heavy atom. The van der Waals surface area contributed by atoms with Crippen LogP contribution in [0.2, 0.25) is 0 Å². The highest BCUT2D eigenvalue weighted by atomic mass is 16.5. The number of carbonyl (C=O) groups is 1. The summed E-state index contributed by atoms with van der Waals surface area (Å²) < 4.78 is 5.47. The van der Waals surface area contributed by atoms with Crippen LogP contribution in [0, 0.1) is 17.8 Å². The van der Waals surface area contributed by atoms with Gasteiger partial charge in [0, 0.05) is 32.0 Å². The highest BCUT2D eigenvalue weighted by molar-refractivity contribution is 5.96. The zero-order chi connectivity index (χ0) is 14.9. The Morgan fingerprint density at radius 1 is 1.52 bits per heavy atom. The second-order valence-corrected chi connectivity index (χ2v) is 4.97. The van der Waals surface area contributed by atoms with Gasteiger partial charge < -0.3 is 15.2 Å². The summed E-state index contributed by atoms with van der Waals surface area (Å²) >= 11 is 0. The first kappa shape index (κ1) is 15.5. The molecule has 1 amide bonds. The molecule has 0 radical (unpaired) electrons. The van der Waals surface area contributed by atoms with E-state index in [9.17, 15) is 4.79 Å². The van der Waals surface area contributed by atoms with E-state index in [0.29, 0.717) is 30.7 Å². The largest absolute Gasteiger partial charge is 0.395 e. The maximum Gasteiger partial charge on any atom is 0.252 e. The first-order chi connectivity index (χ1) is 10.3. The number of rotatable bonds is 7. The van der Waals surface area contributed by atoms with E-state index >= 15 is 0 Å². The molecule has 0 saturated heterocycles. The van der Waals surface area contributed by atoms with Crippen molar-refractivity contribution in [1.82, 2.24) is 10.3 Å². The lowest BCUT2D eigenvalue weighted by Crippen LogP contribution is -2.28. The maximum atomic E-state index is 12.1. The molecule has 5 nitrogen and oxygen atoms in total. The van der Waals surface area contributed by atoms with E-state index < -0.39 is 0 Å². The van der Waals surface area contributed by atoms with Crippen molar-refractivity contribution in [3.05, 3.63) is 29.6 Å². The third-order valence-electron chi connectivity index (χ3n) is 3.11. The van der Waals surface area contributed by atoms with Crippen LogP contribution in [0.25, 0.3) is 0 Å². The molecule has 1 aromatic rings. The van der Waals surface area contributed by atoms with Gasteiger partial charge in [-0.3, -0.25) is 9.78 Å². The van der Waals surface area contributed by atoms with Gasteiger partial charge >= 0.3 is 0 Å². The molecule has 0 unspecified atom stereocenters. The number of aliphatic hydroxyl groups is 1. The Kier molecular flexibility index (Phi) is 6.20. The molecule has 0 bridgehead atoms. The summed E-state index contributed by atoms with van der Waals surface area (Å²) in [7, 11) is 0.